The number of carbonyl (C=O) groups excluding carboxylic acids is 1. The van der Waals surface area contributed by atoms with Gasteiger partial charge in [0.1, 0.15) is 0 Å². The van der Waals surface area contributed by atoms with Gasteiger partial charge in [0.05, 0.1) is 0 Å². The van der Waals surface area contributed by atoms with Crippen LogP contribution in [0.25, 0.3) is 0 Å². The zero-order valence-electron chi connectivity index (χ0n) is 16.6. The zero-order valence-corrected chi connectivity index (χ0v) is 21.5. The van der Waals surface area contributed by atoms with Crippen LogP contribution in [0.3, 0.4) is 0 Å². The summed E-state index contributed by atoms with van der Waals surface area (Å²) in [5.74, 6) is 1.90. The number of carbonyl (C=O) groups is 1. The molecule has 0 aromatic carbocycles. The van der Waals surface area contributed by atoms with E-state index in [9.17, 15) is 4.79 Å². The predicted molar refractivity (Wildman–Crippen MR) is 95.0 cm³/mol. The predicted octanol–water partition coefficient (Wildman–Crippen LogP) is 3.38. The van der Waals surface area contributed by atoms with Crippen LogP contribution in [0.1, 0.15) is 54.9 Å². The van der Waals surface area contributed by atoms with Crippen LogP contribution in [0.2, 0.25) is -1.01 Å². The van der Waals surface area contributed by atoms with Crippen LogP contribution in [0, 0.1) is 23.7 Å². The minimum atomic E-state index is -0.466. The van der Waals surface area contributed by atoms with Crippen LogP contribution in [0.4, 0.5) is 0 Å². The van der Waals surface area contributed by atoms with E-state index >= 15 is 0 Å². The van der Waals surface area contributed by atoms with Crippen LogP contribution >= 0.6 is 0 Å². The van der Waals surface area contributed by atoms with Crippen molar-refractivity contribution in [1.82, 2.24) is 0 Å². The van der Waals surface area contributed by atoms with E-state index in [0.717, 1.165) is 6.42 Å². The van der Waals surface area contributed by atoms with Gasteiger partial charge in [-0.3, -0.25) is 0 Å². The van der Waals surface area contributed by atoms with Crippen molar-refractivity contribution in [1.29, 1.82) is 0 Å². The number of ketones is 1. The van der Waals surface area contributed by atoms with Crippen molar-refractivity contribution < 1.29 is 19.0 Å². The Morgan fingerprint density at radius 3 is 2.17 bits per heavy atom. The van der Waals surface area contributed by atoms with Gasteiger partial charge in [-0.15, -0.1) is 0 Å². The second-order valence-corrected chi connectivity index (χ2v) is 11.5. The fraction of sp³-hybridized carbons (Fsp3) is 0.947. The van der Waals surface area contributed by atoms with Crippen molar-refractivity contribution in [3.63, 3.8) is 0 Å². The molecule has 2 fully saturated rings. The number of hydrogen-bond acceptors (Lipinski definition) is 4. The molecule has 2 saturated heterocycles. The van der Waals surface area contributed by atoms with Gasteiger partial charge in [-0.2, -0.15) is 0 Å². The Morgan fingerprint density at radius 1 is 1.00 bits per heavy atom. The zero-order chi connectivity index (χ0) is 18.2. The van der Waals surface area contributed by atoms with E-state index in [0.29, 0.717) is 72.3 Å². The average Bonchev–Trinajstić information content (AvgIpc) is 2.54. The van der Waals surface area contributed by atoms with E-state index in [1.165, 1.54) is 0 Å². The normalized spacial score (nSPS) is 49.9. The second kappa shape index (κ2) is 9.03. The van der Waals surface area contributed by atoms with E-state index in [-0.39, 0.29) is 36.3 Å². The summed E-state index contributed by atoms with van der Waals surface area (Å²) in [7, 11) is 0. The summed E-state index contributed by atoms with van der Waals surface area (Å²) in [5, 5.41) is 0. The van der Waals surface area contributed by atoms with Gasteiger partial charge in [-0.25, -0.2) is 0 Å². The topological polar surface area (TPSA) is 44.8 Å². The summed E-state index contributed by atoms with van der Waals surface area (Å²) in [4.78, 5) is 12.1. The van der Waals surface area contributed by atoms with E-state index < -0.39 is 6.10 Å². The van der Waals surface area contributed by atoms with Gasteiger partial charge < -0.3 is 0 Å². The van der Waals surface area contributed by atoms with E-state index in [1.807, 2.05) is 0 Å². The van der Waals surface area contributed by atoms with Crippen molar-refractivity contribution in [3.05, 3.63) is 0 Å². The molecule has 2 rings (SSSR count). The molecule has 134 valence electrons. The van der Waals surface area contributed by atoms with Crippen molar-refractivity contribution in [2.75, 3.05) is 0 Å². The molecule has 24 heavy (non-hydrogen) atoms. The van der Waals surface area contributed by atoms with Gasteiger partial charge in [-0.05, 0) is 0 Å². The van der Waals surface area contributed by atoms with Crippen LogP contribution < -0.4 is 0 Å². The summed E-state index contributed by atoms with van der Waals surface area (Å²) in [6.07, 6.45) is 0.501. The van der Waals surface area contributed by atoms with Gasteiger partial charge in [0.15, 0.2) is 0 Å². The Hall–Kier alpha value is 1.36. The molecule has 0 radical (unpaired) electrons. The summed E-state index contributed by atoms with van der Waals surface area (Å²) < 4.78 is 19.3. The Morgan fingerprint density at radius 2 is 1.62 bits per heavy atom. The molecule has 0 aromatic heterocycles. The van der Waals surface area contributed by atoms with Gasteiger partial charge in [0.2, 0.25) is 0 Å². The molecule has 5 unspecified atom stereocenters. The van der Waals surface area contributed by atoms with Gasteiger partial charge in [-0.1, -0.05) is 0 Å². The molecule has 0 amide bonds. The number of Topliss-reactive ketones (excluding diaryl/α,β-unsaturated/α-hetero) is 1. The third kappa shape index (κ3) is 4.43. The molecule has 2 heterocycles. The first-order chi connectivity index (χ1) is 11.2. The Bertz CT molecular complexity index is 441. The van der Waals surface area contributed by atoms with Crippen molar-refractivity contribution in [3.8, 4) is 0 Å². The summed E-state index contributed by atoms with van der Waals surface area (Å²) in [5.41, 5.74) is 0. The molecule has 0 aliphatic carbocycles. The molecular formula is C19H33O4Rb. The maximum atomic E-state index is 12.1. The first-order valence-corrected chi connectivity index (χ1v) is 12.5. The first kappa shape index (κ1) is 21.7. The third-order valence-electron chi connectivity index (χ3n) is 6.83. The molecule has 0 N–H and O–H groups in total. The third-order valence-corrected chi connectivity index (χ3v) is 10.7. The van der Waals surface area contributed by atoms with Crippen LogP contribution in [0.15, 0.2) is 0 Å². The van der Waals surface area contributed by atoms with Crippen LogP contribution in [-0.2, 0) is 19.0 Å². The van der Waals surface area contributed by atoms with E-state index in [4.69, 9.17) is 14.2 Å². The standard InChI is InChI=1S/C19H33O4.Rb/c1-8-16-11(3)10(2)9-17(22-16)23-18-13(5)12(4)15(7)21-19(18)14(6)20;/h9-13,15-19H,8H2,1-7H3;/t10-,11+,12?,13-,15?,16?,17-,18+,19?;/m1./s1. The molecule has 0 saturated carbocycles. The van der Waals surface area contributed by atoms with Crippen LogP contribution in [0.5, 0.6) is 0 Å². The quantitative estimate of drug-likeness (QED) is 0.712. The summed E-state index contributed by atoms with van der Waals surface area (Å²) in [6, 6.07) is 0. The average molecular weight is 411 g/mol. The van der Waals surface area contributed by atoms with Gasteiger partial charge >= 0.3 is 189 Å². The summed E-state index contributed by atoms with van der Waals surface area (Å²) >= 11 is 0.429. The second-order valence-electron chi connectivity index (χ2n) is 8.22. The van der Waals surface area contributed by atoms with Crippen molar-refractivity contribution >= 4 is 61.3 Å². The fourth-order valence-corrected chi connectivity index (χ4v) is 6.49. The number of hydrogen-bond donors (Lipinski definition) is 0. The van der Waals surface area contributed by atoms with Crippen molar-refractivity contribution in [2.24, 2.45) is 23.7 Å². The van der Waals surface area contributed by atoms with Crippen LogP contribution in [-0.4, -0.2) is 92.0 Å². The minimum absolute atomic E-state index is 0.0611. The molecule has 5 heteroatoms. The number of rotatable bonds is 4. The Labute approximate surface area is 186 Å². The SMILES string of the molecule is CCC1O[C@H](O[C@@H]2C(C(C)=O)OC(C)C(C)[C@H]2C)[CH]([Rb])[C@@H](C)[C@@H]1C. The van der Waals surface area contributed by atoms with E-state index in [1.54, 1.807) is 6.92 Å². The fourth-order valence-electron chi connectivity index (χ4n) is 4.22. The first-order valence-electron chi connectivity index (χ1n) is 9.65. The molecule has 0 bridgehead atoms. The molecule has 0 aromatic rings. The maximum absolute atomic E-state index is 12.1. The van der Waals surface area contributed by atoms with Gasteiger partial charge in [0.25, 0.3) is 0 Å². The molecule has 10 atom stereocenters. The molecule has 2 aliphatic heterocycles. The molecular weight excluding hydrogens is 378 g/mol. The molecule has 4 nitrogen and oxygen atoms in total. The Kier molecular flexibility index (Phi) is 8.15. The summed E-state index contributed by atoms with van der Waals surface area (Å²) in [6.45, 7) is 14.9. The van der Waals surface area contributed by atoms with E-state index in [2.05, 4.69) is 41.5 Å². The Balaban J connectivity index is 2.18. The number of ether oxygens (including phenoxy) is 3. The molecule has 0 spiro atoms. The van der Waals surface area contributed by atoms with Gasteiger partial charge in [0, 0.05) is 0 Å². The van der Waals surface area contributed by atoms with Crippen molar-refractivity contribution in [2.45, 2.75) is 84.6 Å². The molecule has 2 aliphatic rings. The monoisotopic (exact) mass is 410 g/mol.